The Morgan fingerprint density at radius 3 is 2.69 bits per heavy atom. The number of aromatic nitrogens is 4. The minimum atomic E-state index is -0.134. The van der Waals surface area contributed by atoms with E-state index in [4.69, 9.17) is 4.74 Å². The summed E-state index contributed by atoms with van der Waals surface area (Å²) in [4.78, 5) is 16.9. The van der Waals surface area contributed by atoms with Gasteiger partial charge in [0.05, 0.1) is 25.2 Å². The Hall–Kier alpha value is -3.94. The van der Waals surface area contributed by atoms with Gasteiger partial charge in [-0.2, -0.15) is 9.67 Å². The molecule has 1 amide bonds. The molecular formula is C21H21N6O2+. The molecule has 0 saturated heterocycles. The van der Waals surface area contributed by atoms with Crippen LogP contribution in [0.3, 0.4) is 0 Å². The highest BCUT2D eigenvalue weighted by atomic mass is 16.5. The van der Waals surface area contributed by atoms with Gasteiger partial charge in [0.2, 0.25) is 6.54 Å². The van der Waals surface area contributed by atoms with E-state index in [-0.39, 0.29) is 12.5 Å². The van der Waals surface area contributed by atoms with Crippen molar-refractivity contribution in [2.75, 3.05) is 24.8 Å². The molecule has 146 valence electrons. The summed E-state index contributed by atoms with van der Waals surface area (Å²) in [6.07, 6.45) is 7.05. The standard InChI is InChI=1S/C21H20N6O2/c1-22-16-7-9-26(10-8-16)14-20(28)25-17-11-15-12-24-27(21(15)23-13-17)18-5-3-4-6-19(18)29-2/h3-13H,14H2,1-2H3,(H,25,28)/p+1. The van der Waals surface area contributed by atoms with Gasteiger partial charge in [-0.25, -0.2) is 9.67 Å². The molecule has 3 aromatic heterocycles. The molecule has 2 N–H and O–H groups in total. The average molecular weight is 389 g/mol. The van der Waals surface area contributed by atoms with Crippen LogP contribution in [0, 0.1) is 0 Å². The zero-order chi connectivity index (χ0) is 20.2. The van der Waals surface area contributed by atoms with Crippen molar-refractivity contribution in [3.63, 3.8) is 0 Å². The van der Waals surface area contributed by atoms with Gasteiger partial charge in [0.15, 0.2) is 18.0 Å². The fourth-order valence-electron chi connectivity index (χ4n) is 3.07. The predicted molar refractivity (Wildman–Crippen MR) is 110 cm³/mol. The van der Waals surface area contributed by atoms with Crippen LogP contribution in [-0.4, -0.2) is 34.8 Å². The summed E-state index contributed by atoms with van der Waals surface area (Å²) in [5, 5.41) is 11.2. The van der Waals surface area contributed by atoms with Crippen LogP contribution in [0.4, 0.5) is 11.4 Å². The number of amides is 1. The number of carbonyl (C=O) groups is 1. The number of methoxy groups -OCH3 is 1. The number of hydrogen-bond donors (Lipinski definition) is 2. The zero-order valence-electron chi connectivity index (χ0n) is 16.2. The summed E-state index contributed by atoms with van der Waals surface area (Å²) in [6, 6.07) is 13.3. The van der Waals surface area contributed by atoms with Crippen LogP contribution in [0.25, 0.3) is 16.7 Å². The maximum absolute atomic E-state index is 12.4. The number of carbonyl (C=O) groups excluding carboxylic acids is 1. The lowest BCUT2D eigenvalue weighted by molar-refractivity contribution is -0.684. The maximum atomic E-state index is 12.4. The molecule has 0 spiro atoms. The first-order valence-corrected chi connectivity index (χ1v) is 9.12. The molecule has 0 saturated carbocycles. The summed E-state index contributed by atoms with van der Waals surface area (Å²) in [7, 11) is 3.47. The number of benzene rings is 1. The molecule has 0 aliphatic rings. The lowest BCUT2D eigenvalue weighted by Crippen LogP contribution is -2.39. The van der Waals surface area contributed by atoms with E-state index in [0.717, 1.165) is 16.8 Å². The first-order chi connectivity index (χ1) is 14.2. The number of nitrogens with zero attached hydrogens (tertiary/aromatic N) is 4. The van der Waals surface area contributed by atoms with E-state index in [0.29, 0.717) is 17.1 Å². The van der Waals surface area contributed by atoms with Gasteiger partial charge in [0.25, 0.3) is 5.91 Å². The van der Waals surface area contributed by atoms with Crippen molar-refractivity contribution in [3.05, 3.63) is 67.3 Å². The van der Waals surface area contributed by atoms with Gasteiger partial charge in [-0.15, -0.1) is 0 Å². The van der Waals surface area contributed by atoms with E-state index in [1.807, 2.05) is 66.5 Å². The molecule has 1 aromatic carbocycles. The minimum absolute atomic E-state index is 0.134. The summed E-state index contributed by atoms with van der Waals surface area (Å²) in [6.45, 7) is 0.211. The second-order valence-electron chi connectivity index (χ2n) is 6.42. The average Bonchev–Trinajstić information content (AvgIpc) is 3.17. The molecular weight excluding hydrogens is 368 g/mol. The smallest absolute Gasteiger partial charge is 0.290 e. The summed E-state index contributed by atoms with van der Waals surface area (Å²) < 4.78 is 8.94. The Labute approximate surface area is 167 Å². The summed E-state index contributed by atoms with van der Waals surface area (Å²) in [5.41, 5.74) is 3.10. The van der Waals surface area contributed by atoms with Crippen molar-refractivity contribution in [3.8, 4) is 11.4 Å². The van der Waals surface area contributed by atoms with E-state index in [1.165, 1.54) is 0 Å². The summed E-state index contributed by atoms with van der Waals surface area (Å²) in [5.74, 6) is 0.573. The van der Waals surface area contributed by atoms with Gasteiger partial charge >= 0.3 is 0 Å². The van der Waals surface area contributed by atoms with Gasteiger partial charge in [-0.3, -0.25) is 4.79 Å². The SMILES string of the molecule is CNc1cc[n+](CC(=O)Nc2cnc3c(cnn3-c3ccccc3OC)c2)cc1. The Morgan fingerprint density at radius 1 is 1.14 bits per heavy atom. The second-order valence-corrected chi connectivity index (χ2v) is 6.42. The number of ether oxygens (including phenoxy) is 1. The van der Waals surface area contributed by atoms with Crippen LogP contribution in [-0.2, 0) is 11.3 Å². The van der Waals surface area contributed by atoms with Gasteiger partial charge in [0.1, 0.15) is 11.4 Å². The normalized spacial score (nSPS) is 10.7. The van der Waals surface area contributed by atoms with Crippen molar-refractivity contribution in [1.82, 2.24) is 14.8 Å². The van der Waals surface area contributed by atoms with Crippen LogP contribution < -0.4 is 19.9 Å². The van der Waals surface area contributed by atoms with Gasteiger partial charge in [-0.05, 0) is 18.2 Å². The predicted octanol–water partition coefficient (Wildman–Crippen LogP) is 2.40. The molecule has 0 aliphatic heterocycles. The second kappa shape index (κ2) is 7.97. The fourth-order valence-corrected chi connectivity index (χ4v) is 3.07. The zero-order valence-corrected chi connectivity index (χ0v) is 16.2. The number of pyridine rings is 2. The highest BCUT2D eigenvalue weighted by molar-refractivity contribution is 5.92. The van der Waals surface area contributed by atoms with Crippen LogP contribution in [0.5, 0.6) is 5.75 Å². The number of anilines is 2. The Kier molecular flexibility index (Phi) is 5.07. The third kappa shape index (κ3) is 3.86. The van der Waals surface area contributed by atoms with Crippen molar-refractivity contribution < 1.29 is 14.1 Å². The van der Waals surface area contributed by atoms with E-state index in [9.17, 15) is 4.79 Å². The topological polar surface area (TPSA) is 85.0 Å². The number of fused-ring (bicyclic) bond motifs is 1. The van der Waals surface area contributed by atoms with Gasteiger partial charge < -0.3 is 15.4 Å². The molecule has 8 heteroatoms. The lowest BCUT2D eigenvalue weighted by Gasteiger charge is -2.09. The molecule has 0 atom stereocenters. The fraction of sp³-hybridized carbons (Fsp3) is 0.143. The largest absolute Gasteiger partial charge is 0.494 e. The lowest BCUT2D eigenvalue weighted by atomic mass is 10.3. The van der Waals surface area contributed by atoms with Gasteiger partial charge in [0, 0.05) is 30.3 Å². The van der Waals surface area contributed by atoms with Crippen molar-refractivity contribution in [1.29, 1.82) is 0 Å². The van der Waals surface area contributed by atoms with Crippen LogP contribution in [0.2, 0.25) is 0 Å². The summed E-state index contributed by atoms with van der Waals surface area (Å²) >= 11 is 0. The Balaban J connectivity index is 1.53. The number of rotatable bonds is 6. The molecule has 8 nitrogen and oxygen atoms in total. The first-order valence-electron chi connectivity index (χ1n) is 9.12. The maximum Gasteiger partial charge on any atom is 0.290 e. The van der Waals surface area contributed by atoms with E-state index in [2.05, 4.69) is 20.7 Å². The quantitative estimate of drug-likeness (QED) is 0.495. The Bertz CT molecular complexity index is 1150. The molecule has 4 rings (SSSR count). The van der Waals surface area contributed by atoms with Crippen molar-refractivity contribution >= 4 is 28.3 Å². The van der Waals surface area contributed by atoms with Crippen LogP contribution in [0.1, 0.15) is 0 Å². The highest BCUT2D eigenvalue weighted by Gasteiger charge is 2.13. The first kappa shape index (κ1) is 18.4. The molecule has 0 aliphatic carbocycles. The number of para-hydroxylation sites is 2. The Morgan fingerprint density at radius 2 is 1.93 bits per heavy atom. The van der Waals surface area contributed by atoms with E-state index >= 15 is 0 Å². The third-order valence-electron chi connectivity index (χ3n) is 4.51. The third-order valence-corrected chi connectivity index (χ3v) is 4.51. The molecule has 0 bridgehead atoms. The highest BCUT2D eigenvalue weighted by Crippen LogP contribution is 2.25. The van der Waals surface area contributed by atoms with Crippen molar-refractivity contribution in [2.24, 2.45) is 0 Å². The van der Waals surface area contributed by atoms with Crippen LogP contribution >= 0.6 is 0 Å². The monoisotopic (exact) mass is 389 g/mol. The number of nitrogens with one attached hydrogen (secondary N) is 2. The van der Waals surface area contributed by atoms with Crippen LogP contribution in [0.15, 0.2) is 67.3 Å². The van der Waals surface area contributed by atoms with E-state index < -0.39 is 0 Å². The molecule has 0 radical (unpaired) electrons. The van der Waals surface area contributed by atoms with Crippen molar-refractivity contribution in [2.45, 2.75) is 6.54 Å². The molecule has 4 aromatic rings. The van der Waals surface area contributed by atoms with E-state index in [1.54, 1.807) is 24.2 Å². The number of hydrogen-bond acceptors (Lipinski definition) is 5. The molecule has 3 heterocycles. The minimum Gasteiger partial charge on any atom is -0.494 e. The molecule has 0 fully saturated rings. The molecule has 29 heavy (non-hydrogen) atoms. The van der Waals surface area contributed by atoms with Gasteiger partial charge in [-0.1, -0.05) is 12.1 Å². The molecule has 0 unspecified atom stereocenters.